The standard InChI is InChI=1S/C15H16N2O3S2/c1-10-13(21-11(2)16-10)22(19,20)17-14(18)15(8-9-15)12-6-4-3-5-7-12/h3-7H,8-9H2,1-2H3,(H,17,18). The molecule has 0 spiro atoms. The van der Waals surface area contributed by atoms with Crippen LogP contribution in [0.15, 0.2) is 34.5 Å². The Morgan fingerprint density at radius 2 is 1.86 bits per heavy atom. The number of hydrogen-bond acceptors (Lipinski definition) is 5. The van der Waals surface area contributed by atoms with Gasteiger partial charge in [-0.1, -0.05) is 30.3 Å². The van der Waals surface area contributed by atoms with Gasteiger partial charge in [-0.2, -0.15) is 0 Å². The summed E-state index contributed by atoms with van der Waals surface area (Å²) in [5, 5.41) is 0.662. The highest BCUT2D eigenvalue weighted by atomic mass is 32.2. The number of amides is 1. The van der Waals surface area contributed by atoms with Crippen LogP contribution in [0.25, 0.3) is 0 Å². The van der Waals surface area contributed by atoms with Crippen molar-refractivity contribution < 1.29 is 13.2 Å². The predicted molar refractivity (Wildman–Crippen MR) is 84.3 cm³/mol. The second kappa shape index (κ2) is 5.17. The molecule has 3 rings (SSSR count). The Balaban J connectivity index is 1.87. The molecule has 1 heterocycles. The zero-order valence-electron chi connectivity index (χ0n) is 12.3. The van der Waals surface area contributed by atoms with Crippen molar-refractivity contribution in [3.8, 4) is 0 Å². The number of aryl methyl sites for hydroxylation is 2. The molecule has 1 fully saturated rings. The molecular weight excluding hydrogens is 320 g/mol. The smallest absolute Gasteiger partial charge is 0.273 e. The van der Waals surface area contributed by atoms with Gasteiger partial charge in [-0.3, -0.25) is 4.79 Å². The summed E-state index contributed by atoms with van der Waals surface area (Å²) in [6.45, 7) is 3.37. The summed E-state index contributed by atoms with van der Waals surface area (Å²) >= 11 is 1.08. The molecule has 7 heteroatoms. The highest BCUT2D eigenvalue weighted by molar-refractivity contribution is 7.92. The topological polar surface area (TPSA) is 76.1 Å². The predicted octanol–water partition coefficient (Wildman–Crippen LogP) is 2.30. The molecule has 0 radical (unpaired) electrons. The zero-order valence-corrected chi connectivity index (χ0v) is 13.9. The van der Waals surface area contributed by atoms with E-state index < -0.39 is 21.3 Å². The number of thiazole rings is 1. The van der Waals surface area contributed by atoms with Gasteiger partial charge >= 0.3 is 0 Å². The minimum Gasteiger partial charge on any atom is -0.273 e. The van der Waals surface area contributed by atoms with Crippen molar-refractivity contribution >= 4 is 27.3 Å². The van der Waals surface area contributed by atoms with Crippen LogP contribution in [-0.4, -0.2) is 19.3 Å². The molecule has 0 atom stereocenters. The molecule has 0 unspecified atom stereocenters. The van der Waals surface area contributed by atoms with E-state index in [9.17, 15) is 13.2 Å². The lowest BCUT2D eigenvalue weighted by molar-refractivity contribution is -0.121. The molecule has 1 aliphatic rings. The molecule has 1 aromatic heterocycles. The summed E-state index contributed by atoms with van der Waals surface area (Å²) < 4.78 is 27.2. The Labute approximate surface area is 133 Å². The molecule has 1 amide bonds. The van der Waals surface area contributed by atoms with E-state index in [0.717, 1.165) is 16.9 Å². The number of carbonyl (C=O) groups is 1. The van der Waals surface area contributed by atoms with Crippen LogP contribution in [0.3, 0.4) is 0 Å². The Morgan fingerprint density at radius 3 is 2.36 bits per heavy atom. The maximum absolute atomic E-state index is 12.5. The second-order valence-electron chi connectivity index (χ2n) is 5.49. The molecule has 0 bridgehead atoms. The van der Waals surface area contributed by atoms with Gasteiger partial charge in [0.25, 0.3) is 10.0 Å². The van der Waals surface area contributed by atoms with E-state index >= 15 is 0 Å². The third-order valence-electron chi connectivity index (χ3n) is 3.84. The monoisotopic (exact) mass is 336 g/mol. The van der Waals surface area contributed by atoms with Crippen LogP contribution in [0.1, 0.15) is 29.1 Å². The van der Waals surface area contributed by atoms with Crippen LogP contribution in [0, 0.1) is 13.8 Å². The molecule has 0 saturated heterocycles. The number of sulfonamides is 1. The van der Waals surface area contributed by atoms with Crippen molar-refractivity contribution in [3.63, 3.8) is 0 Å². The Hall–Kier alpha value is -1.73. The highest BCUT2D eigenvalue weighted by Crippen LogP contribution is 2.48. The summed E-state index contributed by atoms with van der Waals surface area (Å²) in [5.74, 6) is -0.454. The van der Waals surface area contributed by atoms with Gasteiger partial charge in [0.15, 0.2) is 4.21 Å². The molecular formula is C15H16N2O3S2. The van der Waals surface area contributed by atoms with Crippen molar-refractivity contribution in [3.05, 3.63) is 46.6 Å². The first-order valence-corrected chi connectivity index (χ1v) is 9.22. The normalized spacial score (nSPS) is 16.3. The van der Waals surface area contributed by atoms with Gasteiger partial charge in [0.1, 0.15) is 0 Å². The lowest BCUT2D eigenvalue weighted by Crippen LogP contribution is -2.38. The maximum atomic E-state index is 12.5. The van der Waals surface area contributed by atoms with Gasteiger partial charge in [-0.15, -0.1) is 11.3 Å². The van der Waals surface area contributed by atoms with Crippen molar-refractivity contribution in [2.75, 3.05) is 0 Å². The van der Waals surface area contributed by atoms with Crippen LogP contribution in [0.5, 0.6) is 0 Å². The first-order chi connectivity index (χ1) is 10.3. The lowest BCUT2D eigenvalue weighted by atomic mass is 9.96. The lowest BCUT2D eigenvalue weighted by Gasteiger charge is -2.15. The number of nitrogens with zero attached hydrogens (tertiary/aromatic N) is 1. The van der Waals surface area contributed by atoms with Gasteiger partial charge in [0, 0.05) is 0 Å². The third kappa shape index (κ3) is 2.55. The molecule has 1 saturated carbocycles. The van der Waals surface area contributed by atoms with Gasteiger partial charge in [0.05, 0.1) is 16.1 Å². The van der Waals surface area contributed by atoms with Gasteiger partial charge in [-0.25, -0.2) is 18.1 Å². The zero-order chi connectivity index (χ0) is 16.0. The van der Waals surface area contributed by atoms with Crippen LogP contribution < -0.4 is 4.72 Å². The van der Waals surface area contributed by atoms with Crippen LogP contribution in [0.4, 0.5) is 0 Å². The summed E-state index contributed by atoms with van der Waals surface area (Å²) in [6, 6.07) is 9.31. The number of nitrogens with one attached hydrogen (secondary N) is 1. The van der Waals surface area contributed by atoms with Crippen molar-refractivity contribution in [2.45, 2.75) is 36.3 Å². The van der Waals surface area contributed by atoms with Gasteiger partial charge < -0.3 is 0 Å². The van der Waals surface area contributed by atoms with E-state index in [0.29, 0.717) is 23.5 Å². The number of benzene rings is 1. The van der Waals surface area contributed by atoms with E-state index in [1.807, 2.05) is 30.3 Å². The number of aromatic nitrogens is 1. The summed E-state index contributed by atoms with van der Waals surface area (Å²) in [4.78, 5) is 16.6. The fourth-order valence-electron chi connectivity index (χ4n) is 2.56. The number of carbonyl (C=O) groups excluding carboxylic acids is 1. The average molecular weight is 336 g/mol. The van der Waals surface area contributed by atoms with Crippen LogP contribution >= 0.6 is 11.3 Å². The summed E-state index contributed by atoms with van der Waals surface area (Å²) in [5.41, 5.74) is 0.578. The minimum absolute atomic E-state index is 0.113. The molecule has 1 N–H and O–H groups in total. The first-order valence-electron chi connectivity index (χ1n) is 6.92. The quantitative estimate of drug-likeness (QED) is 0.929. The van der Waals surface area contributed by atoms with Crippen molar-refractivity contribution in [1.29, 1.82) is 0 Å². The summed E-state index contributed by atoms with van der Waals surface area (Å²) in [7, 11) is -3.86. The van der Waals surface area contributed by atoms with E-state index in [1.165, 1.54) is 0 Å². The third-order valence-corrected chi connectivity index (χ3v) is 6.86. The molecule has 2 aromatic rings. The SMILES string of the molecule is Cc1nc(C)c(S(=O)(=O)NC(=O)C2(c3ccccc3)CC2)s1. The van der Waals surface area contributed by atoms with Crippen molar-refractivity contribution in [2.24, 2.45) is 0 Å². The Kier molecular flexibility index (Phi) is 3.57. The molecule has 1 aromatic carbocycles. The maximum Gasteiger partial charge on any atom is 0.275 e. The second-order valence-corrected chi connectivity index (χ2v) is 8.57. The first kappa shape index (κ1) is 15.2. The summed E-state index contributed by atoms with van der Waals surface area (Å²) in [6.07, 6.45) is 1.33. The fourth-order valence-corrected chi connectivity index (χ4v) is 5.09. The molecule has 5 nitrogen and oxygen atoms in total. The Morgan fingerprint density at radius 1 is 1.23 bits per heavy atom. The average Bonchev–Trinajstić information content (AvgIpc) is 3.20. The number of rotatable bonds is 4. The molecule has 0 aliphatic heterocycles. The van der Waals surface area contributed by atoms with E-state index in [-0.39, 0.29) is 4.21 Å². The molecule has 22 heavy (non-hydrogen) atoms. The number of hydrogen-bond donors (Lipinski definition) is 1. The molecule has 116 valence electrons. The van der Waals surface area contributed by atoms with E-state index in [1.54, 1.807) is 13.8 Å². The van der Waals surface area contributed by atoms with Gasteiger partial charge in [-0.05, 0) is 32.3 Å². The minimum atomic E-state index is -3.86. The van der Waals surface area contributed by atoms with E-state index in [2.05, 4.69) is 9.71 Å². The van der Waals surface area contributed by atoms with Crippen molar-refractivity contribution in [1.82, 2.24) is 9.71 Å². The fraction of sp³-hybridized carbons (Fsp3) is 0.333. The largest absolute Gasteiger partial charge is 0.275 e. The van der Waals surface area contributed by atoms with Crippen LogP contribution in [-0.2, 0) is 20.2 Å². The van der Waals surface area contributed by atoms with E-state index in [4.69, 9.17) is 0 Å². The molecule has 1 aliphatic carbocycles. The van der Waals surface area contributed by atoms with Gasteiger partial charge in [0.2, 0.25) is 5.91 Å². The Bertz CT molecular complexity index is 822. The highest BCUT2D eigenvalue weighted by Gasteiger charge is 2.52. The van der Waals surface area contributed by atoms with Crippen LogP contribution in [0.2, 0.25) is 0 Å².